The summed E-state index contributed by atoms with van der Waals surface area (Å²) in [4.78, 5) is 38.7. The Kier molecular flexibility index (Phi) is 7.65. The average Bonchev–Trinajstić information content (AvgIpc) is 2.72. The number of carbonyl (C=O) groups excluding carboxylic acids is 2. The zero-order valence-corrected chi connectivity index (χ0v) is 17.8. The van der Waals surface area contributed by atoms with Crippen LogP contribution in [0.15, 0.2) is 24.3 Å². The Morgan fingerprint density at radius 1 is 1.13 bits per heavy atom. The van der Waals surface area contributed by atoms with Crippen molar-refractivity contribution < 1.29 is 19.5 Å². The summed E-state index contributed by atoms with van der Waals surface area (Å²) in [5.41, 5.74) is 6.97. The first-order valence-electron chi connectivity index (χ1n) is 11.1. The van der Waals surface area contributed by atoms with Gasteiger partial charge in [0.2, 0.25) is 11.8 Å². The molecule has 0 unspecified atom stereocenters. The zero-order chi connectivity index (χ0) is 22.4. The Bertz CT molecular complexity index is 817. The third-order valence-electron chi connectivity index (χ3n) is 6.54. The molecule has 8 heteroatoms. The van der Waals surface area contributed by atoms with Gasteiger partial charge in [0.25, 0.3) is 0 Å². The van der Waals surface area contributed by atoms with E-state index in [1.165, 1.54) is 6.42 Å². The van der Waals surface area contributed by atoms with Crippen molar-refractivity contribution >= 4 is 23.6 Å². The predicted octanol–water partition coefficient (Wildman–Crippen LogP) is 2.25. The van der Waals surface area contributed by atoms with E-state index in [2.05, 4.69) is 5.32 Å². The highest BCUT2D eigenvalue weighted by Gasteiger charge is 2.42. The molecule has 0 radical (unpaired) electrons. The van der Waals surface area contributed by atoms with Gasteiger partial charge in [-0.1, -0.05) is 43.5 Å². The van der Waals surface area contributed by atoms with Crippen LogP contribution in [0.4, 0.5) is 0 Å². The summed E-state index contributed by atoms with van der Waals surface area (Å²) < 4.78 is 0. The van der Waals surface area contributed by atoms with Crippen LogP contribution in [0.5, 0.6) is 0 Å². The van der Waals surface area contributed by atoms with Crippen LogP contribution in [0, 0.1) is 17.2 Å². The Labute approximate surface area is 182 Å². The van der Waals surface area contributed by atoms with Gasteiger partial charge >= 0.3 is 5.97 Å². The van der Waals surface area contributed by atoms with Crippen LogP contribution in [-0.4, -0.2) is 46.2 Å². The number of benzene rings is 1. The number of carboxylic acid groups (broad SMARTS) is 1. The quantitative estimate of drug-likeness (QED) is 0.353. The number of likely N-dealkylation sites (tertiary alicyclic amines) is 1. The highest BCUT2D eigenvalue weighted by atomic mass is 16.4. The van der Waals surface area contributed by atoms with E-state index < -0.39 is 12.0 Å². The fourth-order valence-electron chi connectivity index (χ4n) is 4.62. The number of nitrogens with zero attached hydrogens (tertiary/aromatic N) is 1. The number of carboxylic acids is 1. The Balaban J connectivity index is 1.58. The molecular weight excluding hydrogens is 396 g/mol. The topological polar surface area (TPSA) is 137 Å². The maximum atomic E-state index is 13.2. The highest BCUT2D eigenvalue weighted by molar-refractivity contribution is 5.95. The summed E-state index contributed by atoms with van der Waals surface area (Å²) in [5, 5.41) is 19.4. The number of amides is 2. The number of nitrogen functional groups attached to an aromatic ring is 1. The average molecular weight is 429 g/mol. The van der Waals surface area contributed by atoms with E-state index >= 15 is 0 Å². The molecule has 2 amide bonds. The minimum atomic E-state index is -0.887. The third kappa shape index (κ3) is 5.83. The maximum absolute atomic E-state index is 13.2. The van der Waals surface area contributed by atoms with E-state index in [-0.39, 0.29) is 35.9 Å². The Morgan fingerprint density at radius 2 is 1.81 bits per heavy atom. The van der Waals surface area contributed by atoms with Crippen molar-refractivity contribution in [2.75, 3.05) is 6.54 Å². The van der Waals surface area contributed by atoms with Gasteiger partial charge in [0.1, 0.15) is 11.9 Å². The van der Waals surface area contributed by atoms with E-state index in [0.29, 0.717) is 31.5 Å². The molecule has 2 aliphatic rings. The molecule has 1 aliphatic carbocycles. The molecule has 168 valence electrons. The largest absolute Gasteiger partial charge is 0.481 e. The first kappa shape index (κ1) is 22.8. The van der Waals surface area contributed by atoms with Crippen LogP contribution >= 0.6 is 0 Å². The number of nitrogens with two attached hydrogens (primary N) is 1. The van der Waals surface area contributed by atoms with Crippen LogP contribution in [0.1, 0.15) is 62.5 Å². The number of hydrogen-bond acceptors (Lipinski definition) is 4. The molecule has 1 saturated carbocycles. The number of amidine groups is 1. The smallest absolute Gasteiger partial charge is 0.303 e. The second-order valence-electron chi connectivity index (χ2n) is 8.60. The first-order valence-corrected chi connectivity index (χ1v) is 11.1. The lowest BCUT2D eigenvalue weighted by atomic mass is 9.76. The minimum absolute atomic E-state index is 0.00498. The summed E-state index contributed by atoms with van der Waals surface area (Å²) in [7, 11) is 0. The van der Waals surface area contributed by atoms with Gasteiger partial charge in [-0.15, -0.1) is 0 Å². The molecule has 5 N–H and O–H groups in total. The van der Waals surface area contributed by atoms with E-state index in [1.807, 2.05) is 12.1 Å². The van der Waals surface area contributed by atoms with Gasteiger partial charge in [0.15, 0.2) is 0 Å². The van der Waals surface area contributed by atoms with Gasteiger partial charge < -0.3 is 21.1 Å². The Hall–Kier alpha value is -2.90. The van der Waals surface area contributed by atoms with Gasteiger partial charge in [-0.05, 0) is 37.2 Å². The Morgan fingerprint density at radius 3 is 2.35 bits per heavy atom. The van der Waals surface area contributed by atoms with Gasteiger partial charge in [-0.2, -0.15) is 0 Å². The van der Waals surface area contributed by atoms with Gasteiger partial charge in [0, 0.05) is 31.0 Å². The lowest BCUT2D eigenvalue weighted by molar-refractivity contribution is -0.153. The molecule has 1 saturated heterocycles. The number of nitrogens with one attached hydrogen (secondary N) is 2. The predicted molar refractivity (Wildman–Crippen MR) is 116 cm³/mol. The summed E-state index contributed by atoms with van der Waals surface area (Å²) in [6.45, 7) is 0.876. The molecule has 0 spiro atoms. The molecule has 1 heterocycles. The van der Waals surface area contributed by atoms with E-state index in [0.717, 1.165) is 31.2 Å². The monoisotopic (exact) mass is 428 g/mol. The fourth-order valence-corrected chi connectivity index (χ4v) is 4.62. The van der Waals surface area contributed by atoms with Crippen molar-refractivity contribution in [3.63, 3.8) is 0 Å². The molecule has 3 rings (SSSR count). The highest BCUT2D eigenvalue weighted by Crippen LogP contribution is 2.35. The SMILES string of the molecule is N=C(N)c1ccc(CNC(=O)[C@@H]2CCN2C(=O)[C@@H](CCC(=O)O)C2CCCCC2)cc1. The first-order chi connectivity index (χ1) is 14.9. The van der Waals surface area contributed by atoms with Crippen molar-refractivity contribution in [3.05, 3.63) is 35.4 Å². The van der Waals surface area contributed by atoms with Gasteiger partial charge in [0.05, 0.1) is 0 Å². The van der Waals surface area contributed by atoms with Crippen LogP contribution in [0.25, 0.3) is 0 Å². The molecule has 1 aliphatic heterocycles. The van der Waals surface area contributed by atoms with E-state index in [9.17, 15) is 14.4 Å². The third-order valence-corrected chi connectivity index (χ3v) is 6.54. The summed E-state index contributed by atoms with van der Waals surface area (Å²) in [6, 6.07) is 6.61. The second-order valence-corrected chi connectivity index (χ2v) is 8.60. The normalized spacial score (nSPS) is 19.9. The van der Waals surface area contributed by atoms with Crippen molar-refractivity contribution in [1.29, 1.82) is 5.41 Å². The van der Waals surface area contributed by atoms with Crippen molar-refractivity contribution in [3.8, 4) is 0 Å². The summed E-state index contributed by atoms with van der Waals surface area (Å²) in [6.07, 6.45) is 6.17. The molecule has 31 heavy (non-hydrogen) atoms. The van der Waals surface area contributed by atoms with E-state index in [1.54, 1.807) is 17.0 Å². The molecule has 0 aromatic heterocycles. The number of aliphatic carboxylic acids is 1. The zero-order valence-electron chi connectivity index (χ0n) is 17.8. The molecule has 1 aromatic rings. The van der Waals surface area contributed by atoms with Crippen molar-refractivity contribution in [2.45, 2.75) is 64.0 Å². The second kappa shape index (κ2) is 10.4. The molecular formula is C23H32N4O4. The maximum Gasteiger partial charge on any atom is 0.303 e. The van der Waals surface area contributed by atoms with Crippen LogP contribution < -0.4 is 11.1 Å². The molecule has 8 nitrogen and oxygen atoms in total. The van der Waals surface area contributed by atoms with Crippen molar-refractivity contribution in [1.82, 2.24) is 10.2 Å². The fraction of sp³-hybridized carbons (Fsp3) is 0.565. The summed E-state index contributed by atoms with van der Waals surface area (Å²) in [5.74, 6) is -1.24. The number of carbonyl (C=O) groups is 3. The number of hydrogen-bond donors (Lipinski definition) is 4. The van der Waals surface area contributed by atoms with Crippen molar-refractivity contribution in [2.24, 2.45) is 17.6 Å². The van der Waals surface area contributed by atoms with Crippen LogP contribution in [0.2, 0.25) is 0 Å². The number of rotatable bonds is 9. The molecule has 2 atom stereocenters. The standard InChI is InChI=1S/C23H32N4O4/c24-21(25)17-8-6-15(7-9-17)14-26-22(30)19-12-13-27(19)23(31)18(10-11-20(28)29)16-4-2-1-3-5-16/h6-9,16,18-19H,1-5,10-14H2,(H3,24,25)(H,26,30)(H,28,29)/t18-,19-/m0/s1. The molecule has 0 bridgehead atoms. The summed E-state index contributed by atoms with van der Waals surface area (Å²) >= 11 is 0. The van der Waals surface area contributed by atoms with Crippen LogP contribution in [-0.2, 0) is 20.9 Å². The van der Waals surface area contributed by atoms with Gasteiger partial charge in [-0.25, -0.2) is 0 Å². The molecule has 1 aromatic carbocycles. The lowest BCUT2D eigenvalue weighted by Crippen LogP contribution is -2.60. The van der Waals surface area contributed by atoms with Gasteiger partial charge in [-0.3, -0.25) is 19.8 Å². The lowest BCUT2D eigenvalue weighted by Gasteiger charge is -2.43. The van der Waals surface area contributed by atoms with Crippen LogP contribution in [0.3, 0.4) is 0 Å². The molecule has 2 fully saturated rings. The minimum Gasteiger partial charge on any atom is -0.481 e. The van der Waals surface area contributed by atoms with E-state index in [4.69, 9.17) is 16.2 Å².